The molecule has 19 heavy (non-hydrogen) atoms. The van der Waals surface area contributed by atoms with Crippen LogP contribution in [0.4, 0.5) is 0 Å². The summed E-state index contributed by atoms with van der Waals surface area (Å²) in [5.41, 5.74) is 1.09. The molecule has 0 radical (unpaired) electrons. The second-order valence-electron chi connectivity index (χ2n) is 4.37. The summed E-state index contributed by atoms with van der Waals surface area (Å²) < 4.78 is 1.15. The summed E-state index contributed by atoms with van der Waals surface area (Å²) in [5.74, 6) is 0.933. The van der Waals surface area contributed by atoms with Crippen LogP contribution in [0.25, 0.3) is 0 Å². The number of nitrogens with zero attached hydrogens (tertiary/aromatic N) is 3. The summed E-state index contributed by atoms with van der Waals surface area (Å²) in [4.78, 5) is 3.59. The summed E-state index contributed by atoms with van der Waals surface area (Å²) in [6.07, 6.45) is 3.92. The second kappa shape index (κ2) is 7.24. The lowest BCUT2D eigenvalue weighted by molar-refractivity contribution is 0.347. The maximum atomic E-state index is 4.41. The molecule has 0 aromatic carbocycles. The maximum absolute atomic E-state index is 4.41. The van der Waals surface area contributed by atoms with E-state index < -0.39 is 0 Å². The average Bonchev–Trinajstić information content (AvgIpc) is 2.87. The van der Waals surface area contributed by atoms with E-state index in [-0.39, 0.29) is 17.0 Å². The molecule has 0 unspecified atom stereocenters. The van der Waals surface area contributed by atoms with Gasteiger partial charge in [0.15, 0.2) is 5.17 Å². The van der Waals surface area contributed by atoms with Gasteiger partial charge in [0.1, 0.15) is 0 Å². The van der Waals surface area contributed by atoms with Gasteiger partial charge in [0.25, 0.3) is 0 Å². The first-order valence-corrected chi connectivity index (χ1v) is 8.70. The topological polar surface area (TPSA) is 28.0 Å². The third kappa shape index (κ3) is 3.83. The molecular weight excluding hydrogens is 410 g/mol. The van der Waals surface area contributed by atoms with Crippen LogP contribution in [0, 0.1) is 0 Å². The van der Waals surface area contributed by atoms with Gasteiger partial charge in [0.2, 0.25) is 0 Å². The van der Waals surface area contributed by atoms with Crippen molar-refractivity contribution in [1.82, 2.24) is 4.90 Å². The number of hydrogen-bond donors (Lipinski definition) is 0. The number of thioether (sulfide) groups is 1. The fourth-order valence-corrected chi connectivity index (χ4v) is 4.53. The van der Waals surface area contributed by atoms with Gasteiger partial charge in [-0.3, -0.25) is 0 Å². The van der Waals surface area contributed by atoms with Crippen molar-refractivity contribution in [3.63, 3.8) is 0 Å². The van der Waals surface area contributed by atoms with Crippen molar-refractivity contribution in [3.05, 3.63) is 20.8 Å². The predicted octanol–water partition coefficient (Wildman–Crippen LogP) is 4.38. The lowest BCUT2D eigenvalue weighted by atomic mass is 10.1. The molecule has 3 heterocycles. The van der Waals surface area contributed by atoms with Crippen LogP contribution in [0.5, 0.6) is 0 Å². The molecule has 2 aliphatic rings. The highest BCUT2D eigenvalue weighted by molar-refractivity contribution is 9.11. The number of likely N-dealkylation sites (tertiary alicyclic amines) is 1. The molecule has 1 aromatic rings. The highest BCUT2D eigenvalue weighted by atomic mass is 79.9. The van der Waals surface area contributed by atoms with Crippen molar-refractivity contribution in [2.75, 3.05) is 18.8 Å². The Morgan fingerprint density at radius 2 is 1.89 bits per heavy atom. The van der Waals surface area contributed by atoms with Crippen LogP contribution in [0.3, 0.4) is 0 Å². The van der Waals surface area contributed by atoms with Crippen LogP contribution >= 0.6 is 56.0 Å². The van der Waals surface area contributed by atoms with Gasteiger partial charge < -0.3 is 4.90 Å². The van der Waals surface area contributed by atoms with Gasteiger partial charge in [0.05, 0.1) is 14.4 Å². The van der Waals surface area contributed by atoms with E-state index in [0.29, 0.717) is 0 Å². The van der Waals surface area contributed by atoms with E-state index in [1.165, 1.54) is 24.1 Å². The van der Waals surface area contributed by atoms with Gasteiger partial charge in [-0.1, -0.05) is 11.8 Å². The number of rotatable bonds is 1. The Morgan fingerprint density at radius 3 is 2.47 bits per heavy atom. The molecule has 2 aliphatic heterocycles. The Hall–Kier alpha value is 0.150. The van der Waals surface area contributed by atoms with Gasteiger partial charge in [0, 0.05) is 18.8 Å². The molecule has 0 amide bonds. The lowest BCUT2D eigenvalue weighted by Crippen LogP contribution is -2.35. The normalized spacial score (nSPS) is 19.5. The second-order valence-corrected chi connectivity index (χ2v) is 7.77. The molecule has 3 rings (SSSR count). The summed E-state index contributed by atoms with van der Waals surface area (Å²) in [5, 5.41) is 9.91. The summed E-state index contributed by atoms with van der Waals surface area (Å²) in [7, 11) is 0. The monoisotopic (exact) mass is 423 g/mol. The SMILES string of the molecule is Br.Brc1ccc(C2=NN=C(N3CCCCC3)SC2)s1. The summed E-state index contributed by atoms with van der Waals surface area (Å²) in [6, 6.07) is 4.17. The van der Waals surface area contributed by atoms with E-state index in [4.69, 9.17) is 0 Å². The standard InChI is InChI=1S/C12H14BrN3S2.BrH/c13-11-5-4-10(18-11)9-8-17-12(15-14-9)16-6-2-1-3-7-16;/h4-5H,1-3,6-8H2;1H. The smallest absolute Gasteiger partial charge is 0.186 e. The van der Waals surface area contributed by atoms with Crippen LogP contribution in [0.1, 0.15) is 24.1 Å². The molecule has 0 spiro atoms. The number of hydrogen-bond acceptors (Lipinski definition) is 5. The van der Waals surface area contributed by atoms with Gasteiger partial charge in [-0.25, -0.2) is 0 Å². The van der Waals surface area contributed by atoms with E-state index in [2.05, 4.69) is 43.2 Å². The number of amidine groups is 1. The van der Waals surface area contributed by atoms with E-state index >= 15 is 0 Å². The van der Waals surface area contributed by atoms with E-state index in [1.54, 1.807) is 11.3 Å². The first-order chi connectivity index (χ1) is 8.83. The van der Waals surface area contributed by atoms with Crippen molar-refractivity contribution in [3.8, 4) is 0 Å². The first kappa shape index (κ1) is 15.5. The minimum atomic E-state index is 0. The fraction of sp³-hybridized carbons (Fsp3) is 0.500. The molecule has 0 saturated carbocycles. The van der Waals surface area contributed by atoms with Crippen LogP contribution in [0.15, 0.2) is 26.1 Å². The fourth-order valence-electron chi connectivity index (χ4n) is 2.12. The van der Waals surface area contributed by atoms with Crippen LogP contribution < -0.4 is 0 Å². The van der Waals surface area contributed by atoms with Gasteiger partial charge in [-0.05, 0) is 47.3 Å². The van der Waals surface area contributed by atoms with Gasteiger partial charge in [-0.2, -0.15) is 5.10 Å². The van der Waals surface area contributed by atoms with Crippen molar-refractivity contribution >= 4 is 66.9 Å². The molecule has 1 aromatic heterocycles. The van der Waals surface area contributed by atoms with Gasteiger partial charge >= 0.3 is 0 Å². The zero-order chi connectivity index (χ0) is 12.4. The first-order valence-electron chi connectivity index (χ1n) is 6.11. The third-order valence-corrected chi connectivity index (χ3v) is 5.77. The number of piperidine rings is 1. The van der Waals surface area contributed by atoms with Crippen molar-refractivity contribution in [1.29, 1.82) is 0 Å². The quantitative estimate of drug-likeness (QED) is 0.668. The molecule has 0 atom stereocenters. The van der Waals surface area contributed by atoms with Crippen molar-refractivity contribution < 1.29 is 0 Å². The zero-order valence-electron chi connectivity index (χ0n) is 10.3. The summed E-state index contributed by atoms with van der Waals surface area (Å²) in [6.45, 7) is 2.28. The average molecular weight is 425 g/mol. The minimum Gasteiger partial charge on any atom is -0.350 e. The van der Waals surface area contributed by atoms with Crippen LogP contribution in [0.2, 0.25) is 0 Å². The molecular formula is C12H15Br2N3S2. The Balaban J connectivity index is 0.00000133. The Labute approximate surface area is 140 Å². The van der Waals surface area contributed by atoms with E-state index in [0.717, 1.165) is 33.5 Å². The lowest BCUT2D eigenvalue weighted by Gasteiger charge is -2.29. The molecule has 1 saturated heterocycles. The number of thiophene rings is 1. The molecule has 3 nitrogen and oxygen atoms in total. The highest BCUT2D eigenvalue weighted by Gasteiger charge is 2.20. The van der Waals surface area contributed by atoms with Crippen LogP contribution in [-0.4, -0.2) is 34.6 Å². The number of halogens is 2. The summed E-state index contributed by atoms with van der Waals surface area (Å²) >= 11 is 7.03. The molecule has 0 bridgehead atoms. The Bertz CT molecular complexity index is 493. The minimum absolute atomic E-state index is 0. The zero-order valence-corrected chi connectivity index (χ0v) is 15.3. The molecule has 0 N–H and O–H groups in total. The Kier molecular flexibility index (Phi) is 5.92. The van der Waals surface area contributed by atoms with Crippen molar-refractivity contribution in [2.24, 2.45) is 10.2 Å². The molecule has 104 valence electrons. The van der Waals surface area contributed by atoms with E-state index in [1.807, 2.05) is 11.8 Å². The third-order valence-electron chi connectivity index (χ3n) is 3.08. The maximum Gasteiger partial charge on any atom is 0.186 e. The molecule has 7 heteroatoms. The van der Waals surface area contributed by atoms with Crippen LogP contribution in [-0.2, 0) is 0 Å². The highest BCUT2D eigenvalue weighted by Crippen LogP contribution is 2.26. The Morgan fingerprint density at radius 1 is 1.11 bits per heavy atom. The van der Waals surface area contributed by atoms with E-state index in [9.17, 15) is 0 Å². The largest absolute Gasteiger partial charge is 0.350 e. The van der Waals surface area contributed by atoms with Crippen molar-refractivity contribution in [2.45, 2.75) is 19.3 Å². The molecule has 0 aliphatic carbocycles. The molecule has 1 fully saturated rings. The predicted molar refractivity (Wildman–Crippen MR) is 94.2 cm³/mol. The van der Waals surface area contributed by atoms with Gasteiger partial charge in [-0.15, -0.1) is 33.4 Å².